The van der Waals surface area contributed by atoms with Crippen LogP contribution in [0.25, 0.3) is 0 Å². The highest BCUT2D eigenvalue weighted by Gasteiger charge is 2.08. The molecule has 0 saturated carbocycles. The first kappa shape index (κ1) is 16.5. The Morgan fingerprint density at radius 3 is 2.41 bits per heavy atom. The summed E-state index contributed by atoms with van der Waals surface area (Å²) in [6, 6.07) is 13.9. The van der Waals surface area contributed by atoms with Gasteiger partial charge in [-0.3, -0.25) is 9.59 Å². The Morgan fingerprint density at radius 1 is 1.05 bits per heavy atom. The van der Waals surface area contributed by atoms with Gasteiger partial charge >= 0.3 is 0 Å². The molecule has 6 heteroatoms. The molecule has 2 amide bonds. The van der Waals surface area contributed by atoms with Gasteiger partial charge in [-0.15, -0.1) is 0 Å². The second-order valence-corrected chi connectivity index (χ2v) is 5.83. The first-order valence-corrected chi connectivity index (χ1v) is 7.81. The smallest absolute Gasteiger partial charge is 0.251 e. The maximum atomic E-state index is 11.9. The van der Waals surface area contributed by atoms with Gasteiger partial charge in [0.05, 0.1) is 5.69 Å². The van der Waals surface area contributed by atoms with Gasteiger partial charge in [-0.1, -0.05) is 23.7 Å². The zero-order valence-corrected chi connectivity index (χ0v) is 13.9. The van der Waals surface area contributed by atoms with Crippen molar-refractivity contribution in [3.05, 3.63) is 63.6 Å². The first-order valence-electron chi connectivity index (χ1n) is 6.64. The molecule has 0 radical (unpaired) electrons. The number of benzene rings is 2. The minimum absolute atomic E-state index is 0.164. The highest BCUT2D eigenvalue weighted by molar-refractivity contribution is 9.10. The number of hydrogen-bond acceptors (Lipinski definition) is 2. The lowest BCUT2D eigenvalue weighted by molar-refractivity contribution is -0.116. The highest BCUT2D eigenvalue weighted by Crippen LogP contribution is 2.21. The predicted molar refractivity (Wildman–Crippen MR) is 91.2 cm³/mol. The van der Waals surface area contributed by atoms with Crippen LogP contribution in [0.1, 0.15) is 16.8 Å². The molecule has 4 nitrogen and oxygen atoms in total. The third kappa shape index (κ3) is 4.86. The molecule has 0 bridgehead atoms. The van der Waals surface area contributed by atoms with E-state index in [1.54, 1.807) is 30.3 Å². The van der Waals surface area contributed by atoms with E-state index < -0.39 is 0 Å². The van der Waals surface area contributed by atoms with Gasteiger partial charge in [0.2, 0.25) is 5.91 Å². The maximum Gasteiger partial charge on any atom is 0.251 e. The molecule has 0 aliphatic heterocycles. The lowest BCUT2D eigenvalue weighted by Gasteiger charge is -2.08. The molecule has 2 aromatic rings. The van der Waals surface area contributed by atoms with E-state index in [1.807, 2.05) is 18.2 Å². The molecular weight excluding hydrogens is 368 g/mol. The zero-order chi connectivity index (χ0) is 15.9. The molecule has 0 atom stereocenters. The van der Waals surface area contributed by atoms with Gasteiger partial charge in [0.25, 0.3) is 5.91 Å². The molecule has 2 aromatic carbocycles. The van der Waals surface area contributed by atoms with E-state index in [2.05, 4.69) is 26.6 Å². The Bertz CT molecular complexity index is 674. The van der Waals surface area contributed by atoms with Crippen molar-refractivity contribution in [1.82, 2.24) is 5.32 Å². The molecule has 0 unspecified atom stereocenters. The fourth-order valence-corrected chi connectivity index (χ4v) is 2.28. The molecule has 0 saturated heterocycles. The summed E-state index contributed by atoms with van der Waals surface area (Å²) in [6.07, 6.45) is 0.195. The summed E-state index contributed by atoms with van der Waals surface area (Å²) < 4.78 is 0.813. The van der Waals surface area contributed by atoms with Crippen LogP contribution in [0, 0.1) is 0 Å². The monoisotopic (exact) mass is 380 g/mol. The van der Waals surface area contributed by atoms with Gasteiger partial charge in [0.15, 0.2) is 0 Å². The van der Waals surface area contributed by atoms with Crippen LogP contribution >= 0.6 is 27.5 Å². The van der Waals surface area contributed by atoms with Crippen LogP contribution in [0.4, 0.5) is 5.69 Å². The Morgan fingerprint density at radius 2 is 1.73 bits per heavy atom. The van der Waals surface area contributed by atoms with Crippen molar-refractivity contribution >= 4 is 45.0 Å². The maximum absolute atomic E-state index is 11.9. The highest BCUT2D eigenvalue weighted by atomic mass is 79.9. The molecule has 114 valence electrons. The number of nitrogens with one attached hydrogen (secondary N) is 2. The molecule has 2 rings (SSSR count). The number of anilines is 1. The Kier molecular flexibility index (Phi) is 5.98. The fraction of sp³-hybridized carbons (Fsp3) is 0.125. The van der Waals surface area contributed by atoms with Gasteiger partial charge in [-0.2, -0.15) is 0 Å². The zero-order valence-electron chi connectivity index (χ0n) is 11.6. The van der Waals surface area contributed by atoms with Crippen molar-refractivity contribution in [2.75, 3.05) is 11.9 Å². The number of halogens is 2. The van der Waals surface area contributed by atoms with E-state index in [-0.39, 0.29) is 24.8 Å². The van der Waals surface area contributed by atoms with Gasteiger partial charge in [0, 0.05) is 28.0 Å². The predicted octanol–water partition coefficient (Wildman–Crippen LogP) is 3.86. The van der Waals surface area contributed by atoms with Crippen LogP contribution in [0.3, 0.4) is 0 Å². The summed E-state index contributed by atoms with van der Waals surface area (Å²) in [6.45, 7) is 0.262. The quantitative estimate of drug-likeness (QED) is 0.826. The molecule has 0 aliphatic rings. The minimum Gasteiger partial charge on any atom is -0.352 e. The largest absolute Gasteiger partial charge is 0.352 e. The first-order chi connectivity index (χ1) is 10.6. The lowest BCUT2D eigenvalue weighted by Crippen LogP contribution is -2.27. The van der Waals surface area contributed by atoms with E-state index in [4.69, 9.17) is 11.6 Å². The van der Waals surface area contributed by atoms with Crippen molar-refractivity contribution in [1.29, 1.82) is 0 Å². The summed E-state index contributed by atoms with van der Waals surface area (Å²) in [5.41, 5.74) is 1.21. The van der Waals surface area contributed by atoms with Crippen molar-refractivity contribution < 1.29 is 9.59 Å². The fourth-order valence-electron chi connectivity index (χ4n) is 1.77. The lowest BCUT2D eigenvalue weighted by atomic mass is 10.2. The number of carbonyl (C=O) groups excluding carboxylic acids is 2. The Balaban J connectivity index is 1.78. The van der Waals surface area contributed by atoms with Crippen molar-refractivity contribution in [3.63, 3.8) is 0 Å². The van der Waals surface area contributed by atoms with E-state index in [9.17, 15) is 9.59 Å². The van der Waals surface area contributed by atoms with E-state index in [1.165, 1.54) is 0 Å². The number of amides is 2. The van der Waals surface area contributed by atoms with Gasteiger partial charge in [-0.25, -0.2) is 0 Å². The third-order valence-corrected chi connectivity index (χ3v) is 3.84. The van der Waals surface area contributed by atoms with Crippen LogP contribution in [0.2, 0.25) is 5.02 Å². The SMILES string of the molecule is O=C(CCNC(=O)c1ccc(Cl)cc1)Nc1ccccc1Br. The molecule has 0 aliphatic carbocycles. The van der Waals surface area contributed by atoms with Gasteiger partial charge < -0.3 is 10.6 Å². The van der Waals surface area contributed by atoms with Crippen LogP contribution in [0.5, 0.6) is 0 Å². The third-order valence-electron chi connectivity index (χ3n) is 2.89. The standard InChI is InChI=1S/C16H14BrClN2O2/c17-13-3-1-2-4-14(13)20-15(21)9-10-19-16(22)11-5-7-12(18)8-6-11/h1-8H,9-10H2,(H,19,22)(H,20,21). The van der Waals surface area contributed by atoms with Crippen LogP contribution in [0.15, 0.2) is 53.0 Å². The topological polar surface area (TPSA) is 58.2 Å². The molecule has 0 spiro atoms. The van der Waals surface area contributed by atoms with Crippen molar-refractivity contribution in [2.45, 2.75) is 6.42 Å². The van der Waals surface area contributed by atoms with E-state index >= 15 is 0 Å². The van der Waals surface area contributed by atoms with Gasteiger partial charge in [-0.05, 0) is 52.3 Å². The number of rotatable bonds is 5. The Hall–Kier alpha value is -1.85. The Labute approximate surface area is 142 Å². The summed E-state index contributed by atoms with van der Waals surface area (Å²) in [4.78, 5) is 23.7. The second-order valence-electron chi connectivity index (χ2n) is 4.54. The summed E-state index contributed by atoms with van der Waals surface area (Å²) in [5.74, 6) is -0.395. The van der Waals surface area contributed by atoms with Crippen molar-refractivity contribution in [2.24, 2.45) is 0 Å². The molecule has 0 fully saturated rings. The van der Waals surface area contributed by atoms with Gasteiger partial charge in [0.1, 0.15) is 0 Å². The molecule has 2 N–H and O–H groups in total. The van der Waals surface area contributed by atoms with Crippen LogP contribution in [-0.2, 0) is 4.79 Å². The molecular formula is C16H14BrClN2O2. The van der Waals surface area contributed by atoms with Crippen molar-refractivity contribution in [3.8, 4) is 0 Å². The molecule has 0 heterocycles. The summed E-state index contributed by atoms with van der Waals surface area (Å²) in [7, 11) is 0. The average Bonchev–Trinajstić information content (AvgIpc) is 2.50. The number of hydrogen-bond donors (Lipinski definition) is 2. The number of carbonyl (C=O) groups is 2. The molecule has 22 heavy (non-hydrogen) atoms. The van der Waals surface area contributed by atoms with E-state index in [0.717, 1.165) is 4.47 Å². The van der Waals surface area contributed by atoms with Crippen LogP contribution in [-0.4, -0.2) is 18.4 Å². The van der Waals surface area contributed by atoms with Crippen LogP contribution < -0.4 is 10.6 Å². The number of para-hydroxylation sites is 1. The second kappa shape index (κ2) is 7.96. The summed E-state index contributed by atoms with van der Waals surface area (Å²) in [5, 5.41) is 6.05. The normalized spacial score (nSPS) is 10.1. The minimum atomic E-state index is -0.231. The molecule has 0 aromatic heterocycles. The average molecular weight is 382 g/mol. The summed E-state index contributed by atoms with van der Waals surface area (Å²) >= 11 is 9.12. The van der Waals surface area contributed by atoms with E-state index in [0.29, 0.717) is 16.3 Å².